The Hall–Kier alpha value is -0.460. The number of likely N-dealkylation sites (tertiary alicyclic amines) is 2. The van der Waals surface area contributed by atoms with Gasteiger partial charge >= 0.3 is 0 Å². The summed E-state index contributed by atoms with van der Waals surface area (Å²) in [5.74, 6) is -2.31. The molecule has 0 bridgehead atoms. The Balaban J connectivity index is 0.00000156. The van der Waals surface area contributed by atoms with E-state index in [1.54, 1.807) is 0 Å². The summed E-state index contributed by atoms with van der Waals surface area (Å²) in [5, 5.41) is 2.70. The van der Waals surface area contributed by atoms with Crippen molar-refractivity contribution in [1.82, 2.24) is 15.1 Å². The number of halogens is 3. The quantitative estimate of drug-likeness (QED) is 0.827. The van der Waals surface area contributed by atoms with Crippen LogP contribution in [0, 0.1) is 5.92 Å². The Kier molecular flexibility index (Phi) is 4.87. The van der Waals surface area contributed by atoms with Crippen LogP contribution in [0.1, 0.15) is 38.5 Å². The van der Waals surface area contributed by atoms with E-state index in [2.05, 4.69) is 10.2 Å². The minimum absolute atomic E-state index is 0. The normalized spacial score (nSPS) is 37.1. The van der Waals surface area contributed by atoms with E-state index in [1.807, 2.05) is 4.90 Å². The van der Waals surface area contributed by atoms with Crippen molar-refractivity contribution in [1.29, 1.82) is 0 Å². The van der Waals surface area contributed by atoms with E-state index in [0.29, 0.717) is 12.0 Å². The summed E-state index contributed by atoms with van der Waals surface area (Å²) in [6.45, 7) is 2.33. The first-order valence-electron chi connectivity index (χ1n) is 8.69. The minimum atomic E-state index is -2.73. The molecule has 0 aromatic heterocycles. The fourth-order valence-corrected chi connectivity index (χ4v) is 4.61. The lowest BCUT2D eigenvalue weighted by molar-refractivity contribution is -0.137. The van der Waals surface area contributed by atoms with Gasteiger partial charge in [-0.15, -0.1) is 12.4 Å². The molecule has 3 saturated heterocycles. The summed E-state index contributed by atoms with van der Waals surface area (Å²) >= 11 is 0. The van der Waals surface area contributed by atoms with Crippen molar-refractivity contribution in [2.24, 2.45) is 5.92 Å². The monoisotopic (exact) mass is 349 g/mol. The molecular formula is C16H26ClF2N3O. The van der Waals surface area contributed by atoms with E-state index in [0.717, 1.165) is 25.6 Å². The molecule has 1 aliphatic carbocycles. The molecule has 7 heteroatoms. The van der Waals surface area contributed by atoms with Gasteiger partial charge in [0, 0.05) is 31.6 Å². The third-order valence-electron chi connectivity index (χ3n) is 5.85. The largest absolute Gasteiger partial charge is 0.341 e. The van der Waals surface area contributed by atoms with Crippen LogP contribution in [0.15, 0.2) is 0 Å². The molecule has 3 heterocycles. The van der Waals surface area contributed by atoms with Crippen LogP contribution in [0.4, 0.5) is 8.78 Å². The molecule has 0 aromatic rings. The molecule has 0 radical (unpaired) electrons. The number of alkyl halides is 2. The van der Waals surface area contributed by atoms with Gasteiger partial charge in [-0.05, 0) is 44.6 Å². The number of fused-ring (bicyclic) bond motifs is 1. The first kappa shape index (κ1) is 17.4. The second-order valence-electron chi connectivity index (χ2n) is 7.51. The lowest BCUT2D eigenvalue weighted by atomic mass is 9.83. The number of carbonyl (C=O) groups is 1. The molecule has 3 unspecified atom stereocenters. The van der Waals surface area contributed by atoms with E-state index in [-0.39, 0.29) is 31.3 Å². The number of hydrogen-bond acceptors (Lipinski definition) is 3. The van der Waals surface area contributed by atoms with Gasteiger partial charge in [0.2, 0.25) is 5.91 Å². The third-order valence-corrected chi connectivity index (χ3v) is 5.85. The van der Waals surface area contributed by atoms with Crippen molar-refractivity contribution in [3.05, 3.63) is 0 Å². The van der Waals surface area contributed by atoms with E-state index in [4.69, 9.17) is 0 Å². The van der Waals surface area contributed by atoms with Crippen molar-refractivity contribution >= 4 is 18.3 Å². The molecule has 1 amide bonds. The number of rotatable bonds is 2. The lowest BCUT2D eigenvalue weighted by Crippen LogP contribution is -2.57. The lowest BCUT2D eigenvalue weighted by Gasteiger charge is -2.48. The highest BCUT2D eigenvalue weighted by atomic mass is 35.5. The number of hydrogen-bond donors (Lipinski definition) is 1. The van der Waals surface area contributed by atoms with Gasteiger partial charge in [-0.25, -0.2) is 8.78 Å². The SMILES string of the molecule is Cl.O=C(C1CC(F)(F)CN1)N1CCC2C(CCCN2C2CC2)C1. The Morgan fingerprint density at radius 1 is 1.13 bits per heavy atom. The van der Waals surface area contributed by atoms with Gasteiger partial charge in [-0.3, -0.25) is 15.0 Å². The summed E-state index contributed by atoms with van der Waals surface area (Å²) in [7, 11) is 0. The second kappa shape index (κ2) is 6.45. The van der Waals surface area contributed by atoms with Crippen molar-refractivity contribution < 1.29 is 13.6 Å². The molecule has 132 valence electrons. The molecule has 4 aliphatic rings. The highest BCUT2D eigenvalue weighted by molar-refractivity contribution is 5.85. The maximum Gasteiger partial charge on any atom is 0.262 e. The molecule has 4 rings (SSSR count). The summed E-state index contributed by atoms with van der Waals surface area (Å²) < 4.78 is 26.6. The van der Waals surface area contributed by atoms with Crippen LogP contribution in [0.3, 0.4) is 0 Å². The van der Waals surface area contributed by atoms with Crippen LogP contribution in [-0.2, 0) is 4.79 Å². The standard InChI is InChI=1S/C16H25F2N3O.ClH/c17-16(18)8-13(19-10-16)15(22)20-7-5-14-11(9-20)2-1-6-21(14)12-3-4-12;/h11-14,19H,1-10H2;1H. The number of carbonyl (C=O) groups excluding carboxylic acids is 1. The summed E-state index contributed by atoms with van der Waals surface area (Å²) in [6.07, 6.45) is 5.70. The molecular weight excluding hydrogens is 324 g/mol. The maximum absolute atomic E-state index is 13.3. The average molecular weight is 350 g/mol. The number of nitrogens with zero attached hydrogens (tertiary/aromatic N) is 2. The predicted octanol–water partition coefficient (Wildman–Crippen LogP) is 1.88. The van der Waals surface area contributed by atoms with E-state index < -0.39 is 12.0 Å². The van der Waals surface area contributed by atoms with Crippen LogP contribution < -0.4 is 5.32 Å². The van der Waals surface area contributed by atoms with Crippen molar-refractivity contribution in [3.8, 4) is 0 Å². The van der Waals surface area contributed by atoms with Crippen molar-refractivity contribution in [2.75, 3.05) is 26.2 Å². The zero-order valence-corrected chi connectivity index (χ0v) is 14.2. The third kappa shape index (κ3) is 3.49. The Morgan fingerprint density at radius 3 is 2.57 bits per heavy atom. The topological polar surface area (TPSA) is 35.6 Å². The van der Waals surface area contributed by atoms with Gasteiger partial charge in [-0.2, -0.15) is 0 Å². The molecule has 1 saturated carbocycles. The first-order chi connectivity index (χ1) is 10.5. The Bertz CT molecular complexity index is 461. The average Bonchev–Trinajstić information content (AvgIpc) is 3.28. The van der Waals surface area contributed by atoms with Crippen LogP contribution in [0.5, 0.6) is 0 Å². The van der Waals surface area contributed by atoms with Gasteiger partial charge in [0.1, 0.15) is 0 Å². The molecule has 0 spiro atoms. The Morgan fingerprint density at radius 2 is 1.91 bits per heavy atom. The summed E-state index contributed by atoms with van der Waals surface area (Å²) in [5.41, 5.74) is 0. The minimum Gasteiger partial charge on any atom is -0.341 e. The maximum atomic E-state index is 13.3. The van der Waals surface area contributed by atoms with Gasteiger partial charge < -0.3 is 4.90 Å². The molecule has 0 aromatic carbocycles. The van der Waals surface area contributed by atoms with Gasteiger partial charge in [-0.1, -0.05) is 0 Å². The zero-order chi connectivity index (χ0) is 15.3. The molecule has 3 atom stereocenters. The first-order valence-corrected chi connectivity index (χ1v) is 8.69. The fraction of sp³-hybridized carbons (Fsp3) is 0.938. The number of piperidine rings is 2. The Labute approximate surface area is 142 Å². The van der Waals surface area contributed by atoms with E-state index in [9.17, 15) is 13.6 Å². The molecule has 4 nitrogen and oxygen atoms in total. The second-order valence-corrected chi connectivity index (χ2v) is 7.51. The van der Waals surface area contributed by atoms with Crippen LogP contribution in [0.2, 0.25) is 0 Å². The van der Waals surface area contributed by atoms with Crippen LogP contribution in [0.25, 0.3) is 0 Å². The summed E-state index contributed by atoms with van der Waals surface area (Å²) in [4.78, 5) is 17.0. The summed E-state index contributed by atoms with van der Waals surface area (Å²) in [6, 6.07) is 0.711. The van der Waals surface area contributed by atoms with Gasteiger partial charge in [0.05, 0.1) is 12.6 Å². The molecule has 4 fully saturated rings. The molecule has 23 heavy (non-hydrogen) atoms. The molecule has 1 N–H and O–H groups in total. The van der Waals surface area contributed by atoms with Crippen LogP contribution in [-0.4, -0.2) is 65.9 Å². The predicted molar refractivity (Wildman–Crippen MR) is 86.0 cm³/mol. The van der Waals surface area contributed by atoms with Crippen molar-refractivity contribution in [3.63, 3.8) is 0 Å². The number of nitrogens with one attached hydrogen (secondary N) is 1. The fourth-order valence-electron chi connectivity index (χ4n) is 4.61. The van der Waals surface area contributed by atoms with Crippen molar-refractivity contribution in [2.45, 2.75) is 62.6 Å². The van der Waals surface area contributed by atoms with Gasteiger partial charge in [0.15, 0.2) is 0 Å². The van der Waals surface area contributed by atoms with Gasteiger partial charge in [0.25, 0.3) is 5.92 Å². The van der Waals surface area contributed by atoms with E-state index >= 15 is 0 Å². The highest BCUT2D eigenvalue weighted by Crippen LogP contribution is 2.38. The number of amides is 1. The molecule has 3 aliphatic heterocycles. The zero-order valence-electron chi connectivity index (χ0n) is 13.3. The smallest absolute Gasteiger partial charge is 0.262 e. The highest BCUT2D eigenvalue weighted by Gasteiger charge is 2.46. The van der Waals surface area contributed by atoms with E-state index in [1.165, 1.54) is 32.2 Å². The van der Waals surface area contributed by atoms with Crippen LogP contribution >= 0.6 is 12.4 Å².